The molecule has 176 valence electrons. The summed E-state index contributed by atoms with van der Waals surface area (Å²) >= 11 is 0. The van der Waals surface area contributed by atoms with Crippen molar-refractivity contribution in [3.8, 4) is 5.75 Å². The number of fused-ring (bicyclic) bond motifs is 6. The van der Waals surface area contributed by atoms with Crippen LogP contribution in [0.5, 0.6) is 5.75 Å². The summed E-state index contributed by atoms with van der Waals surface area (Å²) in [5, 5.41) is 24.2. The highest BCUT2D eigenvalue weighted by Crippen LogP contribution is 2.67. The van der Waals surface area contributed by atoms with Crippen LogP contribution in [0.1, 0.15) is 75.7 Å². The third-order valence-corrected chi connectivity index (χ3v) is 9.56. The second-order valence-corrected chi connectivity index (χ2v) is 12.0. The number of ketones is 1. The van der Waals surface area contributed by atoms with Gasteiger partial charge < -0.3 is 9.84 Å². The number of rotatable bonds is 1. The second-order valence-electron chi connectivity index (χ2n) is 12.0. The maximum atomic E-state index is 13.2. The number of aliphatic hydroxyl groups is 1. The summed E-state index contributed by atoms with van der Waals surface area (Å²) in [4.78, 5) is 31.3. The van der Waals surface area contributed by atoms with Crippen molar-refractivity contribution >= 4 is 17.4 Å². The van der Waals surface area contributed by atoms with Crippen LogP contribution in [0.15, 0.2) is 12.1 Å². The fraction of sp³-hybridized carbons (Fsp3) is 0.680. The van der Waals surface area contributed by atoms with Gasteiger partial charge in [0.25, 0.3) is 0 Å². The van der Waals surface area contributed by atoms with Gasteiger partial charge in [0.1, 0.15) is 22.3 Å². The zero-order chi connectivity index (χ0) is 23.6. The summed E-state index contributed by atoms with van der Waals surface area (Å²) in [6.45, 7) is 9.24. The van der Waals surface area contributed by atoms with E-state index in [1.807, 2.05) is 26.0 Å². The summed E-state index contributed by atoms with van der Waals surface area (Å²) in [6.07, 6.45) is 3.39. The fourth-order valence-electron chi connectivity index (χ4n) is 8.13. The van der Waals surface area contributed by atoms with Gasteiger partial charge in [-0.2, -0.15) is 4.99 Å². The minimum atomic E-state index is -1.14. The molecule has 0 bridgehead atoms. The minimum Gasteiger partial charge on any atom is -0.486 e. The Labute approximate surface area is 193 Å². The number of ether oxygens (including phenoxy) is 1. The highest BCUT2D eigenvalue weighted by molar-refractivity contribution is 6.06. The van der Waals surface area contributed by atoms with Crippen LogP contribution in [0.3, 0.4) is 0 Å². The Balaban J connectivity index is 1.54. The van der Waals surface area contributed by atoms with E-state index in [0.717, 1.165) is 31.4 Å². The van der Waals surface area contributed by atoms with E-state index >= 15 is 0 Å². The number of aliphatic hydroxyl groups excluding tert-OH is 1. The lowest BCUT2D eigenvalue weighted by atomic mass is 9.60. The van der Waals surface area contributed by atoms with E-state index in [0.29, 0.717) is 29.6 Å². The van der Waals surface area contributed by atoms with Gasteiger partial charge in [0.15, 0.2) is 5.78 Å². The van der Waals surface area contributed by atoms with Crippen molar-refractivity contribution in [2.75, 3.05) is 13.1 Å². The lowest BCUT2D eigenvalue weighted by Crippen LogP contribution is -2.68. The molecular formula is C25H32N3O5+. The Morgan fingerprint density at radius 2 is 2.03 bits per heavy atom. The first-order chi connectivity index (χ1) is 15.4. The van der Waals surface area contributed by atoms with Crippen LogP contribution in [0, 0.1) is 21.4 Å². The van der Waals surface area contributed by atoms with E-state index in [9.17, 15) is 20.0 Å². The Morgan fingerprint density at radius 3 is 2.76 bits per heavy atom. The molecule has 4 atom stereocenters. The SMILES string of the molecule is CC1(C)CC(=O)c2c(ccc3c2[NH+]=C(O)[C@]32C[C@@]3([N+](=O)[O-])CN4CCC[C@H]4C[C@@H]3C2(C)C)O1. The van der Waals surface area contributed by atoms with Crippen LogP contribution >= 0.6 is 0 Å². The van der Waals surface area contributed by atoms with Gasteiger partial charge in [-0.3, -0.25) is 19.8 Å². The number of nitro groups is 1. The van der Waals surface area contributed by atoms with Crippen molar-refractivity contribution in [2.24, 2.45) is 11.3 Å². The average molecular weight is 455 g/mol. The molecule has 4 aliphatic heterocycles. The smallest absolute Gasteiger partial charge is 0.350 e. The molecule has 1 aromatic rings. The topological polar surface area (TPSA) is 107 Å². The Kier molecular flexibility index (Phi) is 3.92. The van der Waals surface area contributed by atoms with Gasteiger partial charge in [0.05, 0.1) is 13.0 Å². The van der Waals surface area contributed by atoms with E-state index in [1.165, 1.54) is 0 Å². The average Bonchev–Trinajstić information content (AvgIpc) is 3.33. The molecule has 8 heteroatoms. The molecule has 1 spiro atoms. The lowest BCUT2D eigenvalue weighted by Gasteiger charge is -2.45. The van der Waals surface area contributed by atoms with E-state index in [2.05, 4.69) is 23.7 Å². The predicted molar refractivity (Wildman–Crippen MR) is 121 cm³/mol. The molecule has 0 unspecified atom stereocenters. The lowest BCUT2D eigenvalue weighted by molar-refractivity contribution is -0.584. The molecule has 6 rings (SSSR count). The number of piperidine rings is 1. The maximum absolute atomic E-state index is 13.2. The van der Waals surface area contributed by atoms with Crippen LogP contribution in [-0.2, 0) is 5.41 Å². The largest absolute Gasteiger partial charge is 0.486 e. The van der Waals surface area contributed by atoms with Crippen molar-refractivity contribution < 1.29 is 24.6 Å². The van der Waals surface area contributed by atoms with Gasteiger partial charge in [-0.05, 0) is 57.2 Å². The number of nitrogens with zero attached hydrogens (tertiary/aromatic N) is 2. The van der Waals surface area contributed by atoms with Crippen molar-refractivity contribution in [1.82, 2.24) is 4.90 Å². The number of carbonyl (C=O) groups is 1. The Bertz CT molecular complexity index is 1140. The molecule has 8 nitrogen and oxygen atoms in total. The second kappa shape index (κ2) is 6.14. The van der Waals surface area contributed by atoms with Crippen LogP contribution in [0.2, 0.25) is 0 Å². The third-order valence-electron chi connectivity index (χ3n) is 9.56. The number of hydrogen-bond acceptors (Lipinski definition) is 5. The first kappa shape index (κ1) is 21.1. The summed E-state index contributed by atoms with van der Waals surface area (Å²) in [5.41, 5.74) is -1.45. The van der Waals surface area contributed by atoms with Crippen molar-refractivity contribution in [3.05, 3.63) is 33.4 Å². The zero-order valence-corrected chi connectivity index (χ0v) is 19.7. The molecule has 3 fully saturated rings. The normalized spacial score (nSPS) is 37.7. The molecule has 1 aromatic carbocycles. The third kappa shape index (κ3) is 2.40. The van der Waals surface area contributed by atoms with Gasteiger partial charge in [-0.1, -0.05) is 13.8 Å². The molecule has 5 aliphatic rings. The molecule has 4 heterocycles. The van der Waals surface area contributed by atoms with Crippen molar-refractivity contribution in [3.63, 3.8) is 0 Å². The number of carbonyl (C=O) groups excluding carboxylic acids is 1. The van der Waals surface area contributed by atoms with E-state index in [1.54, 1.807) is 0 Å². The molecule has 2 saturated heterocycles. The van der Waals surface area contributed by atoms with E-state index in [-0.39, 0.29) is 35.4 Å². The van der Waals surface area contributed by atoms with Crippen LogP contribution < -0.4 is 9.73 Å². The first-order valence-electron chi connectivity index (χ1n) is 12.0. The van der Waals surface area contributed by atoms with Crippen molar-refractivity contribution in [1.29, 1.82) is 0 Å². The Morgan fingerprint density at radius 1 is 1.27 bits per heavy atom. The Hall–Kier alpha value is -2.48. The predicted octanol–water partition coefficient (Wildman–Crippen LogP) is 2.28. The highest BCUT2D eigenvalue weighted by atomic mass is 16.6. The number of Topliss-reactive ketones (excluding diaryl/α,β-unsaturated/α-hetero) is 1. The summed E-state index contributed by atoms with van der Waals surface area (Å²) in [6, 6.07) is 4.09. The number of nitrogens with one attached hydrogen (secondary N) is 1. The van der Waals surface area contributed by atoms with Crippen molar-refractivity contribution in [2.45, 2.75) is 82.4 Å². The summed E-state index contributed by atoms with van der Waals surface area (Å²) < 4.78 is 6.09. The quantitative estimate of drug-likeness (QED) is 0.498. The van der Waals surface area contributed by atoms with Gasteiger partial charge in [0.2, 0.25) is 11.2 Å². The van der Waals surface area contributed by atoms with Gasteiger partial charge in [-0.15, -0.1) is 0 Å². The monoisotopic (exact) mass is 454 g/mol. The molecule has 33 heavy (non-hydrogen) atoms. The van der Waals surface area contributed by atoms with Crippen LogP contribution in [0.4, 0.5) is 5.69 Å². The maximum Gasteiger partial charge on any atom is 0.350 e. The summed E-state index contributed by atoms with van der Waals surface area (Å²) in [5.74, 6) is 0.319. The van der Waals surface area contributed by atoms with Gasteiger partial charge >= 0.3 is 5.90 Å². The first-order valence-corrected chi connectivity index (χ1v) is 12.0. The summed E-state index contributed by atoms with van der Waals surface area (Å²) in [7, 11) is 0. The molecule has 0 radical (unpaired) electrons. The molecule has 2 N–H and O–H groups in total. The van der Waals surface area contributed by atoms with Crippen LogP contribution in [-0.4, -0.2) is 56.9 Å². The highest BCUT2D eigenvalue weighted by Gasteiger charge is 2.79. The number of hydrogen-bond donors (Lipinski definition) is 2. The van der Waals surface area contributed by atoms with Gasteiger partial charge in [0, 0.05) is 28.9 Å². The fourth-order valence-corrected chi connectivity index (χ4v) is 8.13. The molecule has 1 saturated carbocycles. The number of benzene rings is 1. The van der Waals surface area contributed by atoms with Crippen LogP contribution in [0.25, 0.3) is 0 Å². The molecule has 0 aromatic heterocycles. The minimum absolute atomic E-state index is 0.0318. The zero-order valence-electron chi connectivity index (χ0n) is 19.7. The molecule has 1 aliphatic carbocycles. The molecular weight excluding hydrogens is 422 g/mol. The van der Waals surface area contributed by atoms with Gasteiger partial charge in [-0.25, -0.2) is 0 Å². The van der Waals surface area contributed by atoms with E-state index in [4.69, 9.17) is 4.74 Å². The standard InChI is InChI=1S/C25H31N3O5/c1-22(2)11-16(29)19-17(33-22)8-7-15-20(19)26-21(30)25(15)12-24(28(31)32)13-27-9-5-6-14(27)10-18(24)23(25,3)4/h7-8,14,18H,5-6,9-13H2,1-4H3,(H,26,30)/p+1/t14-,18+,24+,25-/m0/s1. The molecule has 0 amide bonds. The van der Waals surface area contributed by atoms with E-state index < -0.39 is 22.0 Å².